The summed E-state index contributed by atoms with van der Waals surface area (Å²) in [6, 6.07) is 2.33. The smallest absolute Gasteiger partial charge is 0.395 e. The Morgan fingerprint density at radius 2 is 1.68 bits per heavy atom. The Labute approximate surface area is 105 Å². The fraction of sp³-hybridized carbons (Fsp3) is 0.182. The number of alkyl halides is 3. The van der Waals surface area contributed by atoms with E-state index in [0.29, 0.717) is 12.1 Å². The molecule has 104 valence electrons. The maximum absolute atomic E-state index is 12.9. The predicted octanol–water partition coefficient (Wildman–Crippen LogP) is 2.40. The summed E-state index contributed by atoms with van der Waals surface area (Å²) in [4.78, 5) is 3.61. The van der Waals surface area contributed by atoms with Crippen molar-refractivity contribution in [2.75, 3.05) is 6.54 Å². The number of hydrogen-bond acceptors (Lipinski definition) is 3. The van der Waals surface area contributed by atoms with Crippen LogP contribution in [0.5, 0.6) is 0 Å². The van der Waals surface area contributed by atoms with Crippen molar-refractivity contribution in [3.63, 3.8) is 0 Å². The van der Waals surface area contributed by atoms with Crippen molar-refractivity contribution in [3.05, 3.63) is 41.6 Å². The molecule has 0 aliphatic rings. The zero-order valence-electron chi connectivity index (χ0n) is 9.51. The molecule has 0 aromatic heterocycles. The Kier molecular flexibility index (Phi) is 4.60. The minimum absolute atomic E-state index is 0.191. The summed E-state index contributed by atoms with van der Waals surface area (Å²) >= 11 is 0. The van der Waals surface area contributed by atoms with Gasteiger partial charge in [-0.3, -0.25) is 4.99 Å². The average Bonchev–Trinajstić information content (AvgIpc) is 2.25. The predicted molar refractivity (Wildman–Crippen MR) is 60.8 cm³/mol. The molecule has 0 bridgehead atoms. The summed E-state index contributed by atoms with van der Waals surface area (Å²) in [7, 11) is 0. The van der Waals surface area contributed by atoms with Crippen molar-refractivity contribution in [1.29, 1.82) is 0 Å². The molecular formula is C11H10F5N3. The van der Waals surface area contributed by atoms with Gasteiger partial charge in [-0.1, -0.05) is 0 Å². The van der Waals surface area contributed by atoms with Crippen molar-refractivity contribution in [3.8, 4) is 0 Å². The third kappa shape index (κ3) is 4.66. The molecule has 1 aromatic rings. The van der Waals surface area contributed by atoms with Crippen LogP contribution in [0.15, 0.2) is 35.0 Å². The van der Waals surface area contributed by atoms with Gasteiger partial charge in [-0.15, -0.1) is 0 Å². The Morgan fingerprint density at radius 3 is 2.11 bits per heavy atom. The third-order valence-corrected chi connectivity index (χ3v) is 1.98. The van der Waals surface area contributed by atoms with Crippen LogP contribution in [0.4, 0.5) is 27.6 Å². The summed E-state index contributed by atoms with van der Waals surface area (Å²) < 4.78 is 62.4. The van der Waals surface area contributed by atoms with Crippen molar-refractivity contribution in [2.45, 2.75) is 6.18 Å². The highest BCUT2D eigenvalue weighted by Gasteiger charge is 2.31. The summed E-state index contributed by atoms with van der Waals surface area (Å²) in [5, 5.41) is 0. The minimum Gasteiger partial charge on any atom is -0.395 e. The maximum Gasteiger partial charge on any atom is 0.430 e. The van der Waals surface area contributed by atoms with Gasteiger partial charge in [0, 0.05) is 12.6 Å². The van der Waals surface area contributed by atoms with E-state index in [-0.39, 0.29) is 17.9 Å². The molecule has 19 heavy (non-hydrogen) atoms. The van der Waals surface area contributed by atoms with Gasteiger partial charge in [-0.2, -0.15) is 13.2 Å². The van der Waals surface area contributed by atoms with E-state index in [2.05, 4.69) is 4.99 Å². The van der Waals surface area contributed by atoms with E-state index < -0.39 is 23.5 Å². The third-order valence-electron chi connectivity index (χ3n) is 1.98. The van der Waals surface area contributed by atoms with Crippen LogP contribution < -0.4 is 11.5 Å². The van der Waals surface area contributed by atoms with Crippen LogP contribution in [-0.2, 0) is 0 Å². The van der Waals surface area contributed by atoms with Crippen LogP contribution in [0.25, 0.3) is 0 Å². The maximum atomic E-state index is 12.9. The van der Waals surface area contributed by atoms with Gasteiger partial charge < -0.3 is 11.5 Å². The molecule has 0 unspecified atom stereocenters. The summed E-state index contributed by atoms with van der Waals surface area (Å²) in [5.41, 5.74) is 8.16. The number of hydrogen-bond donors (Lipinski definition) is 2. The van der Waals surface area contributed by atoms with Crippen LogP contribution in [0, 0.1) is 11.6 Å². The van der Waals surface area contributed by atoms with Crippen molar-refractivity contribution < 1.29 is 22.0 Å². The number of benzene rings is 1. The lowest BCUT2D eigenvalue weighted by atomic mass is 10.2. The van der Waals surface area contributed by atoms with E-state index in [1.54, 1.807) is 0 Å². The van der Waals surface area contributed by atoms with Gasteiger partial charge in [0.25, 0.3) is 0 Å². The number of nitrogens with zero attached hydrogens (tertiary/aromatic N) is 1. The zero-order valence-corrected chi connectivity index (χ0v) is 9.51. The van der Waals surface area contributed by atoms with Gasteiger partial charge in [-0.05, 0) is 18.2 Å². The molecule has 0 saturated heterocycles. The van der Waals surface area contributed by atoms with Gasteiger partial charge in [0.15, 0.2) is 0 Å². The molecule has 0 heterocycles. The molecule has 0 amide bonds. The first kappa shape index (κ1) is 15.1. The fourth-order valence-electron chi connectivity index (χ4n) is 1.17. The molecule has 4 N–H and O–H groups in total. The number of aliphatic imine (C=N–C) groups is 1. The number of rotatable bonds is 3. The van der Waals surface area contributed by atoms with E-state index in [9.17, 15) is 22.0 Å². The van der Waals surface area contributed by atoms with Crippen LogP contribution in [0.1, 0.15) is 0 Å². The molecule has 8 heteroatoms. The van der Waals surface area contributed by atoms with E-state index in [1.807, 2.05) is 0 Å². The van der Waals surface area contributed by atoms with Crippen molar-refractivity contribution in [1.82, 2.24) is 0 Å². The molecule has 3 nitrogen and oxygen atoms in total. The monoisotopic (exact) mass is 279 g/mol. The molecule has 1 aromatic carbocycles. The van der Waals surface area contributed by atoms with Gasteiger partial charge in [-0.25, -0.2) is 8.78 Å². The quantitative estimate of drug-likeness (QED) is 0.659. The number of halogens is 5. The Bertz CT molecular complexity index is 499. The molecule has 0 aliphatic carbocycles. The zero-order chi connectivity index (χ0) is 14.6. The standard InChI is InChI=1S/C11H10F5N3/c12-6-1-7(13)3-8(2-6)19-9(5-17)4-10(18)11(14,15)16/h1-4H,5,17-18H2/b10-4-,19-9?. The number of allylic oxidation sites excluding steroid dienone is 1. The van der Waals surface area contributed by atoms with Gasteiger partial charge >= 0.3 is 6.18 Å². The molecule has 0 saturated carbocycles. The Morgan fingerprint density at radius 1 is 1.16 bits per heavy atom. The minimum atomic E-state index is -4.72. The molecule has 0 aliphatic heterocycles. The Hall–Kier alpha value is -1.96. The first-order valence-corrected chi connectivity index (χ1v) is 5.00. The fourth-order valence-corrected chi connectivity index (χ4v) is 1.17. The Balaban J connectivity index is 3.13. The highest BCUT2D eigenvalue weighted by molar-refractivity contribution is 5.98. The second-order valence-corrected chi connectivity index (χ2v) is 3.53. The van der Waals surface area contributed by atoms with Crippen LogP contribution in [-0.4, -0.2) is 18.4 Å². The second-order valence-electron chi connectivity index (χ2n) is 3.53. The summed E-state index contributed by atoms with van der Waals surface area (Å²) in [5.74, 6) is -1.80. The molecule has 0 atom stereocenters. The van der Waals surface area contributed by atoms with Crippen LogP contribution >= 0.6 is 0 Å². The molecule has 1 rings (SSSR count). The molecule has 0 fully saturated rings. The molecule has 0 spiro atoms. The van der Waals surface area contributed by atoms with E-state index in [1.165, 1.54) is 0 Å². The lowest BCUT2D eigenvalue weighted by Gasteiger charge is -2.07. The van der Waals surface area contributed by atoms with E-state index in [4.69, 9.17) is 11.5 Å². The van der Waals surface area contributed by atoms with E-state index in [0.717, 1.165) is 12.1 Å². The lowest BCUT2D eigenvalue weighted by molar-refractivity contribution is -0.0925. The first-order valence-electron chi connectivity index (χ1n) is 5.00. The topological polar surface area (TPSA) is 64.4 Å². The lowest BCUT2D eigenvalue weighted by Crippen LogP contribution is -2.22. The summed E-state index contributed by atoms with van der Waals surface area (Å²) in [6.45, 7) is -0.366. The van der Waals surface area contributed by atoms with Crippen molar-refractivity contribution in [2.24, 2.45) is 16.5 Å². The SMILES string of the molecule is NCC(/C=C(\N)C(F)(F)F)=Nc1cc(F)cc(F)c1. The van der Waals surface area contributed by atoms with Crippen molar-refractivity contribution >= 4 is 11.4 Å². The molecular weight excluding hydrogens is 269 g/mol. The van der Waals surface area contributed by atoms with Gasteiger partial charge in [0.1, 0.15) is 17.3 Å². The summed E-state index contributed by atoms with van der Waals surface area (Å²) in [6.07, 6.45) is -4.20. The van der Waals surface area contributed by atoms with Gasteiger partial charge in [0.2, 0.25) is 0 Å². The highest BCUT2D eigenvalue weighted by atomic mass is 19.4. The largest absolute Gasteiger partial charge is 0.430 e. The van der Waals surface area contributed by atoms with Crippen LogP contribution in [0.2, 0.25) is 0 Å². The normalized spacial score (nSPS) is 13.8. The molecule has 0 radical (unpaired) electrons. The highest BCUT2D eigenvalue weighted by Crippen LogP contribution is 2.22. The van der Waals surface area contributed by atoms with Gasteiger partial charge in [0.05, 0.1) is 11.4 Å². The van der Waals surface area contributed by atoms with Crippen LogP contribution in [0.3, 0.4) is 0 Å². The first-order chi connectivity index (χ1) is 8.72. The average molecular weight is 279 g/mol. The number of nitrogens with two attached hydrogens (primary N) is 2. The second kappa shape index (κ2) is 5.79. The van der Waals surface area contributed by atoms with E-state index >= 15 is 0 Å².